The molecule has 0 spiro atoms. The Kier molecular flexibility index (Phi) is 5.18. The van der Waals surface area contributed by atoms with Crippen LogP contribution >= 0.6 is 11.6 Å². The number of halogens is 2. The summed E-state index contributed by atoms with van der Waals surface area (Å²) in [4.78, 5) is 11.1. The van der Waals surface area contributed by atoms with Crippen molar-refractivity contribution in [3.63, 3.8) is 0 Å². The molecule has 0 saturated carbocycles. The standard InChI is InChI=1S/C11H14ClFN2O2/c1-7(14)11(16)15-4-5-17-10-3-2-8(13)6-9(10)12/h2-3,6-7H,4-5,14H2,1H3,(H,15,16). The van der Waals surface area contributed by atoms with Crippen molar-refractivity contribution in [1.29, 1.82) is 0 Å². The Bertz CT molecular complexity index is 399. The third kappa shape index (κ3) is 4.58. The van der Waals surface area contributed by atoms with Crippen molar-refractivity contribution in [2.24, 2.45) is 5.73 Å². The smallest absolute Gasteiger partial charge is 0.236 e. The molecule has 0 aliphatic heterocycles. The summed E-state index contributed by atoms with van der Waals surface area (Å²) in [5, 5.41) is 2.77. The molecular weight excluding hydrogens is 247 g/mol. The molecule has 1 rings (SSSR count). The van der Waals surface area contributed by atoms with Crippen LogP contribution in [-0.2, 0) is 4.79 Å². The van der Waals surface area contributed by atoms with Crippen LogP contribution in [0.2, 0.25) is 5.02 Å². The third-order valence-corrected chi connectivity index (χ3v) is 2.26. The van der Waals surface area contributed by atoms with Gasteiger partial charge in [-0.3, -0.25) is 4.79 Å². The minimum atomic E-state index is -0.551. The first kappa shape index (κ1) is 13.7. The molecule has 1 aromatic carbocycles. The van der Waals surface area contributed by atoms with E-state index in [1.807, 2.05) is 0 Å². The van der Waals surface area contributed by atoms with Crippen molar-refractivity contribution in [3.05, 3.63) is 29.0 Å². The van der Waals surface area contributed by atoms with Crippen LogP contribution in [0, 0.1) is 5.82 Å². The Balaban J connectivity index is 2.34. The number of amides is 1. The molecule has 17 heavy (non-hydrogen) atoms. The van der Waals surface area contributed by atoms with Crippen LogP contribution in [0.3, 0.4) is 0 Å². The highest BCUT2D eigenvalue weighted by Gasteiger charge is 2.06. The summed E-state index contributed by atoms with van der Waals surface area (Å²) in [7, 11) is 0. The van der Waals surface area contributed by atoms with E-state index in [9.17, 15) is 9.18 Å². The highest BCUT2D eigenvalue weighted by molar-refractivity contribution is 6.32. The van der Waals surface area contributed by atoms with E-state index >= 15 is 0 Å². The van der Waals surface area contributed by atoms with Crippen LogP contribution in [0.15, 0.2) is 18.2 Å². The second-order valence-corrected chi connectivity index (χ2v) is 3.91. The number of hydrogen-bond donors (Lipinski definition) is 2. The number of ether oxygens (including phenoxy) is 1. The first-order valence-corrected chi connectivity index (χ1v) is 5.49. The van der Waals surface area contributed by atoms with Gasteiger partial charge in [-0.2, -0.15) is 0 Å². The molecule has 0 radical (unpaired) electrons. The van der Waals surface area contributed by atoms with E-state index in [0.717, 1.165) is 6.07 Å². The van der Waals surface area contributed by atoms with E-state index in [-0.39, 0.29) is 17.5 Å². The average molecular weight is 261 g/mol. The first-order chi connectivity index (χ1) is 8.00. The van der Waals surface area contributed by atoms with Crippen molar-refractivity contribution >= 4 is 17.5 Å². The molecular formula is C11H14ClFN2O2. The molecule has 0 aromatic heterocycles. The number of nitrogens with one attached hydrogen (secondary N) is 1. The molecule has 3 N–H and O–H groups in total. The summed E-state index contributed by atoms with van der Waals surface area (Å²) < 4.78 is 18.0. The van der Waals surface area contributed by atoms with Crippen LogP contribution < -0.4 is 15.8 Å². The van der Waals surface area contributed by atoms with Gasteiger partial charge in [0, 0.05) is 0 Å². The van der Waals surface area contributed by atoms with Crippen molar-refractivity contribution < 1.29 is 13.9 Å². The van der Waals surface area contributed by atoms with Crippen LogP contribution in [0.4, 0.5) is 4.39 Å². The monoisotopic (exact) mass is 260 g/mol. The third-order valence-electron chi connectivity index (χ3n) is 1.97. The Morgan fingerprint density at radius 3 is 2.94 bits per heavy atom. The van der Waals surface area contributed by atoms with Gasteiger partial charge in [-0.15, -0.1) is 0 Å². The molecule has 6 heteroatoms. The molecule has 1 unspecified atom stereocenters. The number of nitrogens with two attached hydrogens (primary N) is 1. The summed E-state index contributed by atoms with van der Waals surface area (Å²) in [6.07, 6.45) is 0. The van der Waals surface area contributed by atoms with Crippen LogP contribution in [0.25, 0.3) is 0 Å². The number of carbonyl (C=O) groups is 1. The van der Waals surface area contributed by atoms with Crippen LogP contribution in [0.1, 0.15) is 6.92 Å². The molecule has 0 aliphatic rings. The molecule has 1 amide bonds. The number of rotatable bonds is 5. The summed E-state index contributed by atoms with van der Waals surface area (Å²) in [6, 6.07) is 3.30. The van der Waals surface area contributed by atoms with E-state index in [4.69, 9.17) is 22.1 Å². The van der Waals surface area contributed by atoms with Gasteiger partial charge < -0.3 is 15.8 Å². The van der Waals surface area contributed by atoms with E-state index in [1.165, 1.54) is 12.1 Å². The zero-order valence-corrected chi connectivity index (χ0v) is 10.1. The van der Waals surface area contributed by atoms with Gasteiger partial charge in [0.2, 0.25) is 5.91 Å². The van der Waals surface area contributed by atoms with Gasteiger partial charge in [0.1, 0.15) is 18.2 Å². The Hall–Kier alpha value is -1.33. The zero-order valence-electron chi connectivity index (χ0n) is 9.37. The van der Waals surface area contributed by atoms with Gasteiger partial charge in [-0.1, -0.05) is 11.6 Å². The van der Waals surface area contributed by atoms with E-state index in [1.54, 1.807) is 6.92 Å². The molecule has 0 aliphatic carbocycles. The van der Waals surface area contributed by atoms with Crippen molar-refractivity contribution in [2.45, 2.75) is 13.0 Å². The zero-order chi connectivity index (χ0) is 12.8. The summed E-state index contributed by atoms with van der Waals surface area (Å²) >= 11 is 5.75. The molecule has 1 atom stereocenters. The van der Waals surface area contributed by atoms with E-state index < -0.39 is 11.9 Å². The molecule has 4 nitrogen and oxygen atoms in total. The van der Waals surface area contributed by atoms with Gasteiger partial charge in [-0.05, 0) is 25.1 Å². The molecule has 0 heterocycles. The van der Waals surface area contributed by atoms with Crippen molar-refractivity contribution in [1.82, 2.24) is 5.32 Å². The quantitative estimate of drug-likeness (QED) is 0.785. The highest BCUT2D eigenvalue weighted by Crippen LogP contribution is 2.24. The fourth-order valence-electron chi connectivity index (χ4n) is 1.09. The first-order valence-electron chi connectivity index (χ1n) is 5.12. The SMILES string of the molecule is CC(N)C(=O)NCCOc1ccc(F)cc1Cl. The van der Waals surface area contributed by atoms with Crippen molar-refractivity contribution in [2.75, 3.05) is 13.2 Å². The van der Waals surface area contributed by atoms with Gasteiger partial charge in [0.15, 0.2) is 0 Å². The Labute approximate surface area is 104 Å². The average Bonchev–Trinajstić information content (AvgIpc) is 2.26. The predicted molar refractivity (Wildman–Crippen MR) is 63.6 cm³/mol. The normalized spacial score (nSPS) is 12.0. The molecule has 94 valence electrons. The van der Waals surface area contributed by atoms with E-state index in [2.05, 4.69) is 5.32 Å². The molecule has 0 fully saturated rings. The lowest BCUT2D eigenvalue weighted by Gasteiger charge is -2.10. The lowest BCUT2D eigenvalue weighted by molar-refractivity contribution is -0.122. The Morgan fingerprint density at radius 1 is 1.65 bits per heavy atom. The maximum Gasteiger partial charge on any atom is 0.236 e. The van der Waals surface area contributed by atoms with Gasteiger partial charge in [0.05, 0.1) is 17.6 Å². The van der Waals surface area contributed by atoms with E-state index in [0.29, 0.717) is 12.3 Å². The van der Waals surface area contributed by atoms with Crippen LogP contribution in [0.5, 0.6) is 5.75 Å². The lowest BCUT2D eigenvalue weighted by atomic mass is 10.3. The minimum absolute atomic E-state index is 0.198. The van der Waals surface area contributed by atoms with Crippen molar-refractivity contribution in [3.8, 4) is 5.75 Å². The van der Waals surface area contributed by atoms with Gasteiger partial charge >= 0.3 is 0 Å². The van der Waals surface area contributed by atoms with Gasteiger partial charge in [0.25, 0.3) is 0 Å². The fraction of sp³-hybridized carbons (Fsp3) is 0.364. The number of carbonyl (C=O) groups excluding carboxylic acids is 1. The summed E-state index contributed by atoms with van der Waals surface area (Å²) in [5.41, 5.74) is 5.35. The second kappa shape index (κ2) is 6.42. The predicted octanol–water partition coefficient (Wildman–Crippen LogP) is 1.32. The lowest BCUT2D eigenvalue weighted by Crippen LogP contribution is -2.40. The maximum absolute atomic E-state index is 12.7. The summed E-state index contributed by atoms with van der Waals surface area (Å²) in [5.74, 6) is -0.297. The topological polar surface area (TPSA) is 64.4 Å². The Morgan fingerprint density at radius 2 is 2.35 bits per heavy atom. The van der Waals surface area contributed by atoms with Crippen LogP contribution in [-0.4, -0.2) is 25.1 Å². The summed E-state index contributed by atoms with van der Waals surface area (Å²) in [6.45, 7) is 2.14. The second-order valence-electron chi connectivity index (χ2n) is 3.50. The fourth-order valence-corrected chi connectivity index (χ4v) is 1.31. The minimum Gasteiger partial charge on any atom is -0.490 e. The largest absolute Gasteiger partial charge is 0.490 e. The van der Waals surface area contributed by atoms with Gasteiger partial charge in [-0.25, -0.2) is 4.39 Å². The highest BCUT2D eigenvalue weighted by atomic mass is 35.5. The molecule has 0 saturated heterocycles. The number of benzene rings is 1. The molecule has 0 bridgehead atoms. The molecule has 1 aromatic rings. The number of hydrogen-bond acceptors (Lipinski definition) is 3. The maximum atomic E-state index is 12.7.